The minimum absolute atomic E-state index is 0. The predicted molar refractivity (Wildman–Crippen MR) is 99.7 cm³/mol. The lowest BCUT2D eigenvalue weighted by molar-refractivity contribution is -0.143. The molecule has 0 amide bonds. The van der Waals surface area contributed by atoms with Gasteiger partial charge in [0.25, 0.3) is 0 Å². The second-order valence-electron chi connectivity index (χ2n) is 6.14. The average Bonchev–Trinajstić information content (AvgIpc) is 2.51. The van der Waals surface area contributed by atoms with Crippen LogP contribution in [-0.2, 0) is 9.53 Å². The van der Waals surface area contributed by atoms with Gasteiger partial charge in [0.1, 0.15) is 0 Å². The summed E-state index contributed by atoms with van der Waals surface area (Å²) in [5, 5.41) is 0. The van der Waals surface area contributed by atoms with Crippen molar-refractivity contribution in [1.29, 1.82) is 0 Å². The first-order chi connectivity index (χ1) is 10.8. The number of carbonyl (C=O) groups excluding carboxylic acids is 1. The second kappa shape index (κ2) is 21.2. The van der Waals surface area contributed by atoms with Gasteiger partial charge in [-0.3, -0.25) is 4.79 Å². The van der Waals surface area contributed by atoms with E-state index in [0.717, 1.165) is 12.8 Å². The van der Waals surface area contributed by atoms with E-state index >= 15 is 0 Å². The fourth-order valence-electron chi connectivity index (χ4n) is 2.57. The first kappa shape index (κ1) is 24.4. The Hall–Kier alpha value is -0.830. The van der Waals surface area contributed by atoms with Gasteiger partial charge in [-0.05, 0) is 39.0 Å². The molecule has 0 aliphatic rings. The van der Waals surface area contributed by atoms with Crippen LogP contribution < -0.4 is 0 Å². The summed E-state index contributed by atoms with van der Waals surface area (Å²) in [4.78, 5) is 11.1. The van der Waals surface area contributed by atoms with Gasteiger partial charge in [-0.25, -0.2) is 0 Å². The van der Waals surface area contributed by atoms with Crippen LogP contribution in [0.25, 0.3) is 0 Å². The van der Waals surface area contributed by atoms with Gasteiger partial charge < -0.3 is 10.2 Å². The molecule has 0 aliphatic carbocycles. The molecule has 0 unspecified atom stereocenters. The zero-order valence-electron chi connectivity index (χ0n) is 15.6. The summed E-state index contributed by atoms with van der Waals surface area (Å²) in [6, 6.07) is 0. The summed E-state index contributed by atoms with van der Waals surface area (Å²) in [6.45, 7) is 4.63. The molecule has 0 heterocycles. The molecule has 0 aromatic carbocycles. The third-order valence-electron chi connectivity index (χ3n) is 3.95. The topological polar surface area (TPSA) is 57.8 Å². The Bertz CT molecular complexity index is 262. The second-order valence-corrected chi connectivity index (χ2v) is 6.14. The SMILES string of the molecule is CCCCCCCC/C=C\CCCCCCCC(=O)OCC.O. The minimum Gasteiger partial charge on any atom is -0.466 e. The Labute approximate surface area is 144 Å². The molecule has 0 saturated heterocycles. The van der Waals surface area contributed by atoms with Crippen LogP contribution in [-0.4, -0.2) is 18.1 Å². The maximum absolute atomic E-state index is 11.1. The molecule has 0 aromatic rings. The summed E-state index contributed by atoms with van der Waals surface area (Å²) in [5.41, 5.74) is 0. The van der Waals surface area contributed by atoms with Gasteiger partial charge in [0.2, 0.25) is 0 Å². The zero-order valence-corrected chi connectivity index (χ0v) is 15.6. The first-order valence-electron chi connectivity index (χ1n) is 9.61. The Morgan fingerprint density at radius 1 is 0.739 bits per heavy atom. The number of hydrogen-bond donors (Lipinski definition) is 0. The molecule has 0 aliphatic heterocycles. The smallest absolute Gasteiger partial charge is 0.305 e. The van der Waals surface area contributed by atoms with Crippen molar-refractivity contribution in [3.8, 4) is 0 Å². The predicted octanol–water partition coefficient (Wildman–Crippen LogP) is 5.76. The highest BCUT2D eigenvalue weighted by Gasteiger charge is 2.00. The van der Waals surface area contributed by atoms with Crippen LogP contribution in [0.2, 0.25) is 0 Å². The molecular weight excluding hydrogens is 288 g/mol. The molecule has 23 heavy (non-hydrogen) atoms. The van der Waals surface area contributed by atoms with Crippen molar-refractivity contribution in [2.75, 3.05) is 6.61 Å². The molecule has 2 N–H and O–H groups in total. The molecule has 0 spiro atoms. The Morgan fingerprint density at radius 2 is 1.22 bits per heavy atom. The van der Waals surface area contributed by atoms with Crippen molar-refractivity contribution < 1.29 is 15.0 Å². The number of hydrogen-bond acceptors (Lipinski definition) is 2. The molecule has 3 heteroatoms. The van der Waals surface area contributed by atoms with E-state index in [1.54, 1.807) is 0 Å². The van der Waals surface area contributed by atoms with Crippen molar-refractivity contribution >= 4 is 5.97 Å². The lowest BCUT2D eigenvalue weighted by atomic mass is 10.1. The Balaban J connectivity index is 0. The molecule has 0 atom stereocenters. The van der Waals surface area contributed by atoms with Crippen LogP contribution in [0, 0.1) is 0 Å². The summed E-state index contributed by atoms with van der Waals surface area (Å²) >= 11 is 0. The quantitative estimate of drug-likeness (QED) is 0.205. The molecule has 3 nitrogen and oxygen atoms in total. The van der Waals surface area contributed by atoms with Gasteiger partial charge in [0.05, 0.1) is 6.61 Å². The van der Waals surface area contributed by atoms with E-state index in [9.17, 15) is 4.79 Å². The average molecular weight is 329 g/mol. The number of rotatable bonds is 16. The van der Waals surface area contributed by atoms with E-state index in [-0.39, 0.29) is 11.4 Å². The van der Waals surface area contributed by atoms with Crippen molar-refractivity contribution in [2.45, 2.75) is 104 Å². The van der Waals surface area contributed by atoms with E-state index in [0.29, 0.717) is 13.0 Å². The van der Waals surface area contributed by atoms with Gasteiger partial charge in [0.15, 0.2) is 0 Å². The molecule has 0 fully saturated rings. The normalized spacial score (nSPS) is 10.7. The summed E-state index contributed by atoms with van der Waals surface area (Å²) < 4.78 is 4.91. The van der Waals surface area contributed by atoms with Crippen LogP contribution in [0.15, 0.2) is 12.2 Å². The summed E-state index contributed by atoms with van der Waals surface area (Å²) in [5.74, 6) is -0.0415. The Morgan fingerprint density at radius 3 is 1.74 bits per heavy atom. The highest BCUT2D eigenvalue weighted by molar-refractivity contribution is 5.69. The third kappa shape index (κ3) is 21.2. The maximum Gasteiger partial charge on any atom is 0.305 e. The number of unbranched alkanes of at least 4 members (excludes halogenated alkanes) is 11. The number of carbonyl (C=O) groups is 1. The third-order valence-corrected chi connectivity index (χ3v) is 3.95. The van der Waals surface area contributed by atoms with E-state index in [4.69, 9.17) is 4.74 Å². The molecule has 0 rings (SSSR count). The number of ether oxygens (including phenoxy) is 1. The van der Waals surface area contributed by atoms with Crippen LogP contribution in [0.1, 0.15) is 104 Å². The highest BCUT2D eigenvalue weighted by atomic mass is 16.5. The van der Waals surface area contributed by atoms with Crippen molar-refractivity contribution in [3.05, 3.63) is 12.2 Å². The molecule has 0 saturated carbocycles. The van der Waals surface area contributed by atoms with Crippen molar-refractivity contribution in [3.63, 3.8) is 0 Å². The van der Waals surface area contributed by atoms with Crippen molar-refractivity contribution in [2.24, 2.45) is 0 Å². The fraction of sp³-hybridized carbons (Fsp3) is 0.850. The summed E-state index contributed by atoms with van der Waals surface area (Å²) in [6.07, 6.45) is 22.0. The van der Waals surface area contributed by atoms with Crippen LogP contribution in [0.5, 0.6) is 0 Å². The van der Waals surface area contributed by atoms with Crippen LogP contribution >= 0.6 is 0 Å². The maximum atomic E-state index is 11.1. The number of allylic oxidation sites excluding steroid dienone is 2. The molecule has 0 bridgehead atoms. The molecule has 0 radical (unpaired) electrons. The highest BCUT2D eigenvalue weighted by Crippen LogP contribution is 2.10. The van der Waals surface area contributed by atoms with Crippen molar-refractivity contribution in [1.82, 2.24) is 0 Å². The van der Waals surface area contributed by atoms with Crippen LogP contribution in [0.4, 0.5) is 0 Å². The monoisotopic (exact) mass is 328 g/mol. The minimum atomic E-state index is -0.0415. The largest absolute Gasteiger partial charge is 0.466 e. The van der Waals surface area contributed by atoms with E-state index in [1.807, 2.05) is 6.92 Å². The molecule has 138 valence electrons. The lowest BCUT2D eigenvalue weighted by Gasteiger charge is -2.01. The summed E-state index contributed by atoms with van der Waals surface area (Å²) in [7, 11) is 0. The van der Waals surface area contributed by atoms with Gasteiger partial charge >= 0.3 is 5.97 Å². The zero-order chi connectivity index (χ0) is 16.3. The van der Waals surface area contributed by atoms with E-state index in [1.165, 1.54) is 70.6 Å². The van der Waals surface area contributed by atoms with Crippen LogP contribution in [0.3, 0.4) is 0 Å². The standard InChI is InChI=1S/C20H38O2.H2O/c1-3-5-6-7-8-9-10-11-12-13-14-15-16-17-18-19-20(21)22-4-2;/h11-12H,3-10,13-19H2,1-2H3;1H2/b12-11-;. The fourth-order valence-corrected chi connectivity index (χ4v) is 2.57. The van der Waals surface area contributed by atoms with E-state index in [2.05, 4.69) is 19.1 Å². The van der Waals surface area contributed by atoms with Gasteiger partial charge in [0, 0.05) is 6.42 Å². The van der Waals surface area contributed by atoms with Gasteiger partial charge in [-0.1, -0.05) is 70.4 Å². The Kier molecular flexibility index (Phi) is 22.5. The van der Waals surface area contributed by atoms with E-state index < -0.39 is 0 Å². The lowest BCUT2D eigenvalue weighted by Crippen LogP contribution is -2.03. The van der Waals surface area contributed by atoms with Gasteiger partial charge in [-0.2, -0.15) is 0 Å². The number of esters is 1. The van der Waals surface area contributed by atoms with Gasteiger partial charge in [-0.15, -0.1) is 0 Å². The molecule has 0 aromatic heterocycles. The molecular formula is C20H40O3. The first-order valence-corrected chi connectivity index (χ1v) is 9.61.